The van der Waals surface area contributed by atoms with Crippen molar-refractivity contribution in [1.29, 1.82) is 0 Å². The Hall–Kier alpha value is -3.02. The third-order valence-electron chi connectivity index (χ3n) is 5.77. The molecule has 0 saturated heterocycles. The summed E-state index contributed by atoms with van der Waals surface area (Å²) in [6, 6.07) is 13.3. The van der Waals surface area contributed by atoms with Gasteiger partial charge in [-0.25, -0.2) is 0 Å². The molecule has 0 aromatic heterocycles. The SMILES string of the molecule is CCCNC(=O)[C@H](CC)N(Cc1ccccc1C)C(=O)CCc1ccc2c(c1)OCCO2. The third-order valence-corrected chi connectivity index (χ3v) is 5.77. The molecule has 0 spiro atoms. The van der Waals surface area contributed by atoms with E-state index in [0.717, 1.165) is 34.6 Å². The Balaban J connectivity index is 1.75. The molecule has 1 N–H and O–H groups in total. The molecule has 3 rings (SSSR count). The molecule has 0 saturated carbocycles. The first-order valence-electron chi connectivity index (χ1n) is 11.5. The minimum atomic E-state index is -0.492. The Labute approximate surface area is 190 Å². The highest BCUT2D eigenvalue weighted by Crippen LogP contribution is 2.31. The van der Waals surface area contributed by atoms with Gasteiger partial charge in [-0.3, -0.25) is 9.59 Å². The van der Waals surface area contributed by atoms with Gasteiger partial charge in [0.1, 0.15) is 19.3 Å². The van der Waals surface area contributed by atoms with Crippen molar-refractivity contribution in [2.75, 3.05) is 19.8 Å². The first-order valence-corrected chi connectivity index (χ1v) is 11.5. The van der Waals surface area contributed by atoms with Gasteiger partial charge in [0, 0.05) is 19.5 Å². The van der Waals surface area contributed by atoms with Gasteiger partial charge in [-0.1, -0.05) is 44.2 Å². The second-order valence-corrected chi connectivity index (χ2v) is 8.14. The minimum Gasteiger partial charge on any atom is -0.486 e. The monoisotopic (exact) mass is 438 g/mol. The highest BCUT2D eigenvalue weighted by atomic mass is 16.6. The van der Waals surface area contributed by atoms with Crippen LogP contribution < -0.4 is 14.8 Å². The predicted molar refractivity (Wildman–Crippen MR) is 125 cm³/mol. The van der Waals surface area contributed by atoms with Crippen LogP contribution in [0.2, 0.25) is 0 Å². The van der Waals surface area contributed by atoms with Gasteiger partial charge in [0.2, 0.25) is 11.8 Å². The Morgan fingerprint density at radius 3 is 2.53 bits per heavy atom. The predicted octanol–water partition coefficient (Wildman–Crippen LogP) is 4.03. The molecule has 32 heavy (non-hydrogen) atoms. The standard InChI is InChI=1S/C26H34N2O4/c1-4-14-27-26(30)22(5-2)28(18-21-9-7-6-8-19(21)3)25(29)13-11-20-10-12-23-24(17-20)32-16-15-31-23/h6-10,12,17,22H,4-5,11,13-16,18H2,1-3H3,(H,27,30)/t22-/m0/s1. The number of carbonyl (C=O) groups is 2. The van der Waals surface area contributed by atoms with E-state index in [4.69, 9.17) is 9.47 Å². The Morgan fingerprint density at radius 2 is 1.81 bits per heavy atom. The average Bonchev–Trinajstić information content (AvgIpc) is 2.82. The van der Waals surface area contributed by atoms with E-state index in [1.54, 1.807) is 4.90 Å². The van der Waals surface area contributed by atoms with Crippen LogP contribution in [0.25, 0.3) is 0 Å². The summed E-state index contributed by atoms with van der Waals surface area (Å²) in [6.07, 6.45) is 2.32. The molecule has 2 aromatic rings. The van der Waals surface area contributed by atoms with Crippen molar-refractivity contribution in [1.82, 2.24) is 10.2 Å². The minimum absolute atomic E-state index is 0.0263. The van der Waals surface area contributed by atoms with E-state index in [9.17, 15) is 9.59 Å². The fourth-order valence-corrected chi connectivity index (χ4v) is 3.89. The van der Waals surface area contributed by atoms with Gasteiger partial charge in [-0.05, 0) is 55.0 Å². The van der Waals surface area contributed by atoms with Crippen molar-refractivity contribution >= 4 is 11.8 Å². The van der Waals surface area contributed by atoms with Gasteiger partial charge < -0.3 is 19.7 Å². The molecule has 0 bridgehead atoms. The number of hydrogen-bond acceptors (Lipinski definition) is 4. The second-order valence-electron chi connectivity index (χ2n) is 8.14. The van der Waals surface area contributed by atoms with Gasteiger partial charge in [0.15, 0.2) is 11.5 Å². The van der Waals surface area contributed by atoms with Crippen LogP contribution in [0.15, 0.2) is 42.5 Å². The third kappa shape index (κ3) is 6.02. The lowest BCUT2D eigenvalue weighted by atomic mass is 10.0. The molecule has 1 atom stereocenters. The molecule has 6 heteroatoms. The molecule has 1 aliphatic rings. The molecule has 2 amide bonds. The maximum absolute atomic E-state index is 13.4. The lowest BCUT2D eigenvalue weighted by molar-refractivity contribution is -0.141. The van der Waals surface area contributed by atoms with Crippen molar-refractivity contribution in [2.45, 2.75) is 59.0 Å². The molecule has 0 unspecified atom stereocenters. The maximum Gasteiger partial charge on any atom is 0.242 e. The molecule has 0 aliphatic carbocycles. The van der Waals surface area contributed by atoms with Crippen LogP contribution >= 0.6 is 0 Å². The summed E-state index contributed by atoms with van der Waals surface area (Å²) in [5, 5.41) is 2.96. The largest absolute Gasteiger partial charge is 0.486 e. The second kappa shape index (κ2) is 11.6. The van der Waals surface area contributed by atoms with Crippen molar-refractivity contribution in [2.24, 2.45) is 0 Å². The Bertz CT molecular complexity index is 928. The highest BCUT2D eigenvalue weighted by molar-refractivity contribution is 5.87. The molecule has 6 nitrogen and oxygen atoms in total. The van der Waals surface area contributed by atoms with Gasteiger partial charge in [-0.2, -0.15) is 0 Å². The quantitative estimate of drug-likeness (QED) is 0.608. The van der Waals surface area contributed by atoms with Crippen molar-refractivity contribution in [3.8, 4) is 11.5 Å². The Morgan fingerprint density at radius 1 is 1.06 bits per heavy atom. The van der Waals surface area contributed by atoms with E-state index in [2.05, 4.69) is 5.32 Å². The molecule has 1 aliphatic heterocycles. The number of nitrogens with one attached hydrogen (secondary N) is 1. The zero-order valence-electron chi connectivity index (χ0n) is 19.4. The van der Waals surface area contributed by atoms with Crippen molar-refractivity contribution in [3.63, 3.8) is 0 Å². The van der Waals surface area contributed by atoms with Gasteiger partial charge in [-0.15, -0.1) is 0 Å². The fraction of sp³-hybridized carbons (Fsp3) is 0.462. The number of ether oxygens (including phenoxy) is 2. The van der Waals surface area contributed by atoms with Crippen LogP contribution in [0.1, 0.15) is 49.8 Å². The summed E-state index contributed by atoms with van der Waals surface area (Å²) in [5.74, 6) is 1.35. The molecular weight excluding hydrogens is 404 g/mol. The molecule has 172 valence electrons. The number of carbonyl (C=O) groups excluding carboxylic acids is 2. The zero-order chi connectivity index (χ0) is 22.9. The van der Waals surface area contributed by atoms with E-state index in [1.807, 2.05) is 63.2 Å². The van der Waals surface area contributed by atoms with E-state index >= 15 is 0 Å². The number of benzene rings is 2. The fourth-order valence-electron chi connectivity index (χ4n) is 3.89. The zero-order valence-corrected chi connectivity index (χ0v) is 19.4. The van der Waals surface area contributed by atoms with Gasteiger partial charge >= 0.3 is 0 Å². The summed E-state index contributed by atoms with van der Waals surface area (Å²) < 4.78 is 11.2. The summed E-state index contributed by atoms with van der Waals surface area (Å²) >= 11 is 0. The summed E-state index contributed by atoms with van der Waals surface area (Å²) in [5.41, 5.74) is 3.19. The normalized spacial score (nSPS) is 13.3. The van der Waals surface area contributed by atoms with E-state index in [1.165, 1.54) is 0 Å². The van der Waals surface area contributed by atoms with Crippen LogP contribution in [0.3, 0.4) is 0 Å². The van der Waals surface area contributed by atoms with Crippen LogP contribution in [-0.2, 0) is 22.6 Å². The summed E-state index contributed by atoms with van der Waals surface area (Å²) in [7, 11) is 0. The maximum atomic E-state index is 13.4. The van der Waals surface area contributed by atoms with Gasteiger partial charge in [0.25, 0.3) is 0 Å². The van der Waals surface area contributed by atoms with E-state index < -0.39 is 6.04 Å². The first kappa shape index (κ1) is 23.6. The highest BCUT2D eigenvalue weighted by Gasteiger charge is 2.28. The van der Waals surface area contributed by atoms with E-state index in [-0.39, 0.29) is 11.8 Å². The first-order chi connectivity index (χ1) is 15.5. The number of fused-ring (bicyclic) bond motifs is 1. The molecule has 0 fully saturated rings. The number of amides is 2. The molecule has 0 radical (unpaired) electrons. The van der Waals surface area contributed by atoms with Gasteiger partial charge in [0.05, 0.1) is 0 Å². The summed E-state index contributed by atoms with van der Waals surface area (Å²) in [4.78, 5) is 28.0. The van der Waals surface area contributed by atoms with Crippen LogP contribution in [0.5, 0.6) is 11.5 Å². The van der Waals surface area contributed by atoms with Crippen molar-refractivity contribution < 1.29 is 19.1 Å². The average molecular weight is 439 g/mol. The molecular formula is C26H34N2O4. The molecule has 1 heterocycles. The lowest BCUT2D eigenvalue weighted by Gasteiger charge is -2.31. The van der Waals surface area contributed by atoms with Crippen LogP contribution in [0, 0.1) is 6.92 Å². The van der Waals surface area contributed by atoms with E-state index in [0.29, 0.717) is 45.6 Å². The lowest BCUT2D eigenvalue weighted by Crippen LogP contribution is -2.49. The number of rotatable bonds is 10. The van der Waals surface area contributed by atoms with Crippen molar-refractivity contribution in [3.05, 3.63) is 59.2 Å². The Kier molecular flexibility index (Phi) is 8.54. The number of hydrogen-bond donors (Lipinski definition) is 1. The topological polar surface area (TPSA) is 67.9 Å². The summed E-state index contributed by atoms with van der Waals surface area (Å²) in [6.45, 7) is 8.12. The van der Waals surface area contributed by atoms with Crippen LogP contribution in [0.4, 0.5) is 0 Å². The number of nitrogens with zero attached hydrogens (tertiary/aromatic N) is 1. The molecule has 2 aromatic carbocycles. The number of aryl methyl sites for hydroxylation is 2. The van der Waals surface area contributed by atoms with Crippen LogP contribution in [-0.4, -0.2) is 42.5 Å². The smallest absolute Gasteiger partial charge is 0.242 e.